The number of carbonyl (C=O) groups excluding carboxylic acids is 1. The minimum absolute atomic E-state index is 0.00451. The third-order valence-electron chi connectivity index (χ3n) is 6.57. The second-order valence-electron chi connectivity index (χ2n) is 8.89. The van der Waals surface area contributed by atoms with Gasteiger partial charge in [-0.25, -0.2) is 9.07 Å². The summed E-state index contributed by atoms with van der Waals surface area (Å²) in [4.78, 5) is 17.5. The van der Waals surface area contributed by atoms with Gasteiger partial charge < -0.3 is 4.90 Å². The number of hydrogen-bond donors (Lipinski definition) is 0. The van der Waals surface area contributed by atoms with Crippen LogP contribution in [0.1, 0.15) is 39.8 Å². The fourth-order valence-corrected chi connectivity index (χ4v) is 4.71. The first kappa shape index (κ1) is 23.0. The molecule has 5 nitrogen and oxygen atoms in total. The van der Waals surface area contributed by atoms with E-state index < -0.39 is 0 Å². The van der Waals surface area contributed by atoms with Gasteiger partial charge in [0.25, 0.3) is 5.91 Å². The summed E-state index contributed by atoms with van der Waals surface area (Å²) in [5.74, 6) is -0.273. The fourth-order valence-electron chi connectivity index (χ4n) is 4.71. The molecule has 35 heavy (non-hydrogen) atoms. The van der Waals surface area contributed by atoms with Crippen molar-refractivity contribution in [3.8, 4) is 5.69 Å². The molecule has 0 fully saturated rings. The topological polar surface area (TPSA) is 41.4 Å². The van der Waals surface area contributed by atoms with Crippen molar-refractivity contribution in [3.05, 3.63) is 119 Å². The summed E-state index contributed by atoms with van der Waals surface area (Å²) in [5, 5.41) is 4.97. The Labute approximate surface area is 205 Å². The van der Waals surface area contributed by atoms with Gasteiger partial charge in [0.05, 0.1) is 23.6 Å². The van der Waals surface area contributed by atoms with Gasteiger partial charge in [-0.1, -0.05) is 48.5 Å². The number of fused-ring (bicyclic) bond motifs is 1. The Kier molecular flexibility index (Phi) is 6.73. The molecule has 0 unspecified atom stereocenters. The SMILES string of the molecule is CCN(Cc1nn(-c2ccc(F)cc2)c2c1CN(Cc1ccccc1)CC2)C(=O)c1ccccc1. The molecule has 1 aliphatic rings. The van der Waals surface area contributed by atoms with Gasteiger partial charge in [-0.05, 0) is 48.9 Å². The van der Waals surface area contributed by atoms with Crippen molar-refractivity contribution < 1.29 is 9.18 Å². The largest absolute Gasteiger partial charge is 0.333 e. The van der Waals surface area contributed by atoms with Crippen molar-refractivity contribution in [2.75, 3.05) is 13.1 Å². The Hall–Kier alpha value is -3.77. The maximum absolute atomic E-state index is 13.6. The highest BCUT2D eigenvalue weighted by Gasteiger charge is 2.27. The zero-order chi connectivity index (χ0) is 24.2. The van der Waals surface area contributed by atoms with Crippen LogP contribution in [0, 0.1) is 5.82 Å². The van der Waals surface area contributed by atoms with Gasteiger partial charge in [0.2, 0.25) is 0 Å². The van der Waals surface area contributed by atoms with Gasteiger partial charge in [-0.3, -0.25) is 9.69 Å². The fraction of sp³-hybridized carbons (Fsp3) is 0.241. The standard InChI is InChI=1S/C29H29FN4O/c1-2-33(29(35)23-11-7-4-8-12-23)21-27-26-20-32(19-22-9-5-3-6-10-22)18-17-28(26)34(31-27)25-15-13-24(30)14-16-25/h3-16H,2,17-21H2,1H3. The predicted molar refractivity (Wildman–Crippen MR) is 135 cm³/mol. The summed E-state index contributed by atoms with van der Waals surface area (Å²) >= 11 is 0. The van der Waals surface area contributed by atoms with Crippen LogP contribution >= 0.6 is 0 Å². The molecule has 1 aliphatic heterocycles. The Morgan fingerprint density at radius 3 is 2.34 bits per heavy atom. The lowest BCUT2D eigenvalue weighted by molar-refractivity contribution is 0.0749. The summed E-state index contributed by atoms with van der Waals surface area (Å²) in [6.07, 6.45) is 0.839. The molecule has 3 aromatic carbocycles. The van der Waals surface area contributed by atoms with E-state index in [2.05, 4.69) is 29.2 Å². The van der Waals surface area contributed by atoms with Crippen molar-refractivity contribution >= 4 is 5.91 Å². The van der Waals surface area contributed by atoms with Crippen LogP contribution in [-0.2, 0) is 26.1 Å². The molecule has 0 spiro atoms. The lowest BCUT2D eigenvalue weighted by Gasteiger charge is -2.28. The first-order valence-corrected chi connectivity index (χ1v) is 12.1. The highest BCUT2D eigenvalue weighted by atomic mass is 19.1. The lowest BCUT2D eigenvalue weighted by Crippen LogP contribution is -2.33. The monoisotopic (exact) mass is 468 g/mol. The van der Waals surface area contributed by atoms with E-state index in [9.17, 15) is 9.18 Å². The van der Waals surface area contributed by atoms with Gasteiger partial charge in [0.15, 0.2) is 0 Å². The minimum Gasteiger partial charge on any atom is -0.333 e. The number of halogens is 1. The summed E-state index contributed by atoms with van der Waals surface area (Å²) in [6, 6.07) is 26.3. The molecule has 1 aromatic heterocycles. The smallest absolute Gasteiger partial charge is 0.254 e. The van der Waals surface area contributed by atoms with Crippen molar-refractivity contribution in [1.29, 1.82) is 0 Å². The van der Waals surface area contributed by atoms with Crippen molar-refractivity contribution in [1.82, 2.24) is 19.6 Å². The molecule has 2 heterocycles. The molecule has 4 aromatic rings. The van der Waals surface area contributed by atoms with Gasteiger partial charge in [-0.15, -0.1) is 0 Å². The lowest BCUT2D eigenvalue weighted by atomic mass is 10.0. The van der Waals surface area contributed by atoms with E-state index in [0.29, 0.717) is 18.7 Å². The van der Waals surface area contributed by atoms with Crippen LogP contribution in [0.15, 0.2) is 84.9 Å². The summed E-state index contributed by atoms with van der Waals surface area (Å²) in [7, 11) is 0. The highest BCUT2D eigenvalue weighted by Crippen LogP contribution is 2.28. The van der Waals surface area contributed by atoms with E-state index in [1.807, 2.05) is 52.9 Å². The van der Waals surface area contributed by atoms with Crippen LogP contribution in [0.25, 0.3) is 5.69 Å². The maximum atomic E-state index is 13.6. The van der Waals surface area contributed by atoms with Crippen molar-refractivity contribution in [2.45, 2.75) is 33.0 Å². The first-order chi connectivity index (χ1) is 17.1. The first-order valence-electron chi connectivity index (χ1n) is 12.1. The van der Waals surface area contributed by atoms with Crippen LogP contribution in [0.4, 0.5) is 4.39 Å². The average molecular weight is 469 g/mol. The second kappa shape index (κ2) is 10.2. The zero-order valence-corrected chi connectivity index (χ0v) is 19.9. The number of carbonyl (C=O) groups is 1. The van der Waals surface area contributed by atoms with E-state index in [4.69, 9.17) is 5.10 Å². The number of aromatic nitrogens is 2. The molecule has 1 amide bonds. The van der Waals surface area contributed by atoms with E-state index in [-0.39, 0.29) is 11.7 Å². The van der Waals surface area contributed by atoms with Gasteiger partial charge >= 0.3 is 0 Å². The van der Waals surface area contributed by atoms with Crippen molar-refractivity contribution in [3.63, 3.8) is 0 Å². The highest BCUT2D eigenvalue weighted by molar-refractivity contribution is 5.94. The molecule has 0 saturated carbocycles. The van der Waals surface area contributed by atoms with E-state index >= 15 is 0 Å². The molecule has 0 aliphatic carbocycles. The molecule has 178 valence electrons. The van der Waals surface area contributed by atoms with Crippen LogP contribution in [0.2, 0.25) is 0 Å². The van der Waals surface area contributed by atoms with E-state index in [0.717, 1.165) is 48.7 Å². The van der Waals surface area contributed by atoms with Crippen LogP contribution in [0.5, 0.6) is 0 Å². The minimum atomic E-state index is -0.269. The molecule has 5 rings (SSSR count). The molecule has 0 atom stereocenters. The summed E-state index contributed by atoms with van der Waals surface area (Å²) in [5.41, 5.74) is 5.98. The maximum Gasteiger partial charge on any atom is 0.254 e. The Balaban J connectivity index is 1.47. The summed E-state index contributed by atoms with van der Waals surface area (Å²) in [6.45, 7) is 5.54. The number of benzene rings is 3. The van der Waals surface area contributed by atoms with E-state index in [1.54, 1.807) is 12.1 Å². The Morgan fingerprint density at radius 1 is 0.971 bits per heavy atom. The van der Waals surface area contributed by atoms with Gasteiger partial charge in [0, 0.05) is 43.7 Å². The Morgan fingerprint density at radius 2 is 1.66 bits per heavy atom. The average Bonchev–Trinajstić information content (AvgIpc) is 3.26. The van der Waals surface area contributed by atoms with Crippen LogP contribution in [-0.4, -0.2) is 38.6 Å². The van der Waals surface area contributed by atoms with E-state index in [1.165, 1.54) is 17.7 Å². The van der Waals surface area contributed by atoms with Gasteiger partial charge in [-0.2, -0.15) is 5.10 Å². The third kappa shape index (κ3) is 5.03. The summed E-state index contributed by atoms with van der Waals surface area (Å²) < 4.78 is 15.5. The second-order valence-corrected chi connectivity index (χ2v) is 8.89. The normalized spacial score (nSPS) is 13.4. The van der Waals surface area contributed by atoms with Crippen LogP contribution in [0.3, 0.4) is 0 Å². The quantitative estimate of drug-likeness (QED) is 0.373. The number of rotatable bonds is 7. The van der Waals surface area contributed by atoms with Gasteiger partial charge in [0.1, 0.15) is 5.82 Å². The van der Waals surface area contributed by atoms with Crippen molar-refractivity contribution in [2.24, 2.45) is 0 Å². The molecule has 0 radical (unpaired) electrons. The molecule has 0 bridgehead atoms. The third-order valence-corrected chi connectivity index (χ3v) is 6.57. The molecule has 6 heteroatoms. The predicted octanol–water partition coefficient (Wildman–Crippen LogP) is 5.23. The molecular formula is C29H29FN4O. The Bertz CT molecular complexity index is 1290. The number of amides is 1. The van der Waals surface area contributed by atoms with Crippen LogP contribution < -0.4 is 0 Å². The number of hydrogen-bond acceptors (Lipinski definition) is 3. The zero-order valence-electron chi connectivity index (χ0n) is 19.9. The number of nitrogens with zero attached hydrogens (tertiary/aromatic N) is 4. The molecular weight excluding hydrogens is 439 g/mol. The molecule has 0 N–H and O–H groups in total. The molecule has 0 saturated heterocycles.